The van der Waals surface area contributed by atoms with Gasteiger partial charge in [-0.25, -0.2) is 4.79 Å². The van der Waals surface area contributed by atoms with Gasteiger partial charge in [0.15, 0.2) is 0 Å². The van der Waals surface area contributed by atoms with Gasteiger partial charge in [-0.15, -0.1) is 0 Å². The Kier molecular flexibility index (Phi) is 6.87. The van der Waals surface area contributed by atoms with Gasteiger partial charge in [0, 0.05) is 24.8 Å². The second kappa shape index (κ2) is 8.74. The summed E-state index contributed by atoms with van der Waals surface area (Å²) < 4.78 is 5.31. The highest BCUT2D eigenvalue weighted by molar-refractivity contribution is 5.95. The van der Waals surface area contributed by atoms with Crippen LogP contribution in [0, 0.1) is 13.8 Å². The summed E-state index contributed by atoms with van der Waals surface area (Å²) in [5.41, 5.74) is 2.61. The van der Waals surface area contributed by atoms with Crippen molar-refractivity contribution in [2.75, 3.05) is 18.4 Å². The molecule has 1 atom stereocenters. The second-order valence-corrected chi connectivity index (χ2v) is 8.44. The molecule has 1 aliphatic heterocycles. The van der Waals surface area contributed by atoms with Crippen molar-refractivity contribution in [3.63, 3.8) is 0 Å². The Morgan fingerprint density at radius 1 is 1.19 bits per heavy atom. The number of carbonyl (C=O) groups is 2. The van der Waals surface area contributed by atoms with Crippen molar-refractivity contribution in [2.45, 2.75) is 72.1 Å². The maximum atomic E-state index is 12.6. The van der Waals surface area contributed by atoms with Crippen LogP contribution in [0.4, 0.5) is 10.5 Å². The molecule has 2 N–H and O–H groups in total. The SMILES string of the molecule is Cc1ccc(NC(=O)[C@@H](C)N2CCC(NC(=O)OC(C)(C)C)CC2)c(C)c1. The number of hydrogen-bond acceptors (Lipinski definition) is 4. The Morgan fingerprint density at radius 3 is 2.37 bits per heavy atom. The van der Waals surface area contributed by atoms with E-state index in [1.54, 1.807) is 0 Å². The van der Waals surface area contributed by atoms with Crippen molar-refractivity contribution >= 4 is 17.7 Å². The van der Waals surface area contributed by atoms with E-state index in [0.717, 1.165) is 37.2 Å². The molecule has 27 heavy (non-hydrogen) atoms. The van der Waals surface area contributed by atoms with Crippen LogP contribution in [0.3, 0.4) is 0 Å². The first-order valence-electron chi connectivity index (χ1n) is 9.67. The molecule has 0 radical (unpaired) electrons. The van der Waals surface area contributed by atoms with Crippen LogP contribution in [0.2, 0.25) is 0 Å². The number of benzene rings is 1. The molecule has 0 spiro atoms. The number of rotatable bonds is 4. The number of likely N-dealkylation sites (tertiary alicyclic amines) is 1. The Morgan fingerprint density at radius 2 is 1.81 bits per heavy atom. The maximum Gasteiger partial charge on any atom is 0.407 e. The molecule has 1 heterocycles. The van der Waals surface area contributed by atoms with Crippen molar-refractivity contribution in [1.82, 2.24) is 10.2 Å². The number of ether oxygens (including phenoxy) is 1. The van der Waals surface area contributed by atoms with Gasteiger partial charge in [0.2, 0.25) is 5.91 Å². The third-order valence-electron chi connectivity index (χ3n) is 4.82. The van der Waals surface area contributed by atoms with Gasteiger partial charge in [-0.2, -0.15) is 0 Å². The molecule has 0 saturated carbocycles. The van der Waals surface area contributed by atoms with E-state index in [9.17, 15) is 9.59 Å². The first-order valence-corrected chi connectivity index (χ1v) is 9.67. The Labute approximate surface area is 162 Å². The predicted octanol–water partition coefficient (Wildman–Crippen LogP) is 3.62. The van der Waals surface area contributed by atoms with Gasteiger partial charge in [0.05, 0.1) is 6.04 Å². The molecule has 0 bridgehead atoms. The fraction of sp³-hybridized carbons (Fsp3) is 0.619. The molecular formula is C21H33N3O3. The highest BCUT2D eigenvalue weighted by Crippen LogP contribution is 2.19. The Balaban J connectivity index is 1.82. The van der Waals surface area contributed by atoms with Crippen molar-refractivity contribution in [3.8, 4) is 0 Å². The van der Waals surface area contributed by atoms with Crippen LogP contribution in [0.5, 0.6) is 0 Å². The third kappa shape index (κ3) is 6.54. The zero-order valence-electron chi connectivity index (χ0n) is 17.4. The first kappa shape index (κ1) is 21.2. The molecule has 1 fully saturated rings. The predicted molar refractivity (Wildman–Crippen MR) is 108 cm³/mol. The molecule has 1 aliphatic rings. The Bertz CT molecular complexity index is 674. The molecule has 150 valence electrons. The van der Waals surface area contributed by atoms with E-state index in [2.05, 4.69) is 21.6 Å². The van der Waals surface area contributed by atoms with E-state index in [4.69, 9.17) is 4.74 Å². The van der Waals surface area contributed by atoms with E-state index in [0.29, 0.717) is 0 Å². The first-order chi connectivity index (χ1) is 12.5. The molecule has 1 aromatic rings. The molecule has 6 nitrogen and oxygen atoms in total. The average molecular weight is 376 g/mol. The Hall–Kier alpha value is -2.08. The van der Waals surface area contributed by atoms with E-state index < -0.39 is 5.60 Å². The van der Waals surface area contributed by atoms with Gasteiger partial charge in [-0.1, -0.05) is 17.7 Å². The largest absolute Gasteiger partial charge is 0.444 e. The van der Waals surface area contributed by atoms with Crippen molar-refractivity contribution < 1.29 is 14.3 Å². The van der Waals surface area contributed by atoms with E-state index in [1.807, 2.05) is 53.7 Å². The standard InChI is InChI=1S/C21H33N3O3/c1-14-7-8-18(15(2)13-14)23-19(25)16(3)24-11-9-17(10-12-24)22-20(26)27-21(4,5)6/h7-8,13,16-17H,9-12H2,1-6H3,(H,22,26)(H,23,25)/t16-/m1/s1. The number of aryl methyl sites for hydroxylation is 2. The molecule has 0 aromatic heterocycles. The highest BCUT2D eigenvalue weighted by atomic mass is 16.6. The summed E-state index contributed by atoms with van der Waals surface area (Å²) in [4.78, 5) is 26.7. The lowest BCUT2D eigenvalue weighted by atomic mass is 10.0. The topological polar surface area (TPSA) is 70.7 Å². The van der Waals surface area contributed by atoms with Gasteiger partial charge in [-0.3, -0.25) is 9.69 Å². The number of anilines is 1. The van der Waals surface area contributed by atoms with Crippen LogP contribution in [0.25, 0.3) is 0 Å². The summed E-state index contributed by atoms with van der Waals surface area (Å²) in [5, 5.41) is 5.96. The minimum Gasteiger partial charge on any atom is -0.444 e. The number of nitrogens with one attached hydrogen (secondary N) is 2. The minimum atomic E-state index is -0.495. The summed E-state index contributed by atoms with van der Waals surface area (Å²) in [6.45, 7) is 13.1. The molecule has 2 amide bonds. The van der Waals surface area contributed by atoms with Crippen LogP contribution in [-0.2, 0) is 9.53 Å². The molecular weight excluding hydrogens is 342 g/mol. The van der Waals surface area contributed by atoms with Crippen molar-refractivity contribution in [1.29, 1.82) is 0 Å². The zero-order valence-corrected chi connectivity index (χ0v) is 17.4. The van der Waals surface area contributed by atoms with Crippen LogP contribution in [-0.4, -0.2) is 47.7 Å². The number of alkyl carbamates (subject to hydrolysis) is 1. The second-order valence-electron chi connectivity index (χ2n) is 8.44. The van der Waals surface area contributed by atoms with Crippen LogP contribution in [0.15, 0.2) is 18.2 Å². The molecule has 0 aliphatic carbocycles. The van der Waals surface area contributed by atoms with Gasteiger partial charge in [-0.05, 0) is 66.0 Å². The minimum absolute atomic E-state index is 0.000467. The van der Waals surface area contributed by atoms with Crippen LogP contribution >= 0.6 is 0 Å². The summed E-state index contributed by atoms with van der Waals surface area (Å²) in [6.07, 6.45) is 1.24. The smallest absolute Gasteiger partial charge is 0.407 e. The number of piperidine rings is 1. The lowest BCUT2D eigenvalue weighted by Gasteiger charge is -2.35. The summed E-state index contributed by atoms with van der Waals surface area (Å²) in [6, 6.07) is 5.89. The van der Waals surface area contributed by atoms with Gasteiger partial charge < -0.3 is 15.4 Å². The fourth-order valence-corrected chi connectivity index (χ4v) is 3.26. The monoisotopic (exact) mass is 375 g/mol. The molecule has 1 aromatic carbocycles. The van der Waals surface area contributed by atoms with E-state index in [1.165, 1.54) is 5.56 Å². The van der Waals surface area contributed by atoms with Crippen LogP contribution < -0.4 is 10.6 Å². The molecule has 0 unspecified atom stereocenters. The molecule has 1 saturated heterocycles. The van der Waals surface area contributed by atoms with Crippen molar-refractivity contribution in [2.24, 2.45) is 0 Å². The number of nitrogens with zero attached hydrogens (tertiary/aromatic N) is 1. The number of amides is 2. The normalized spacial score (nSPS) is 17.3. The number of hydrogen-bond donors (Lipinski definition) is 2. The maximum absolute atomic E-state index is 12.6. The summed E-state index contributed by atoms with van der Waals surface area (Å²) in [5.74, 6) is 0.000467. The van der Waals surface area contributed by atoms with Gasteiger partial charge in [0.25, 0.3) is 0 Å². The fourth-order valence-electron chi connectivity index (χ4n) is 3.26. The average Bonchev–Trinajstić information content (AvgIpc) is 2.55. The third-order valence-corrected chi connectivity index (χ3v) is 4.82. The molecule has 2 rings (SSSR count). The summed E-state index contributed by atoms with van der Waals surface area (Å²) >= 11 is 0. The quantitative estimate of drug-likeness (QED) is 0.843. The number of carbonyl (C=O) groups excluding carboxylic acids is 2. The lowest BCUT2D eigenvalue weighted by Crippen LogP contribution is -2.51. The molecule has 6 heteroatoms. The van der Waals surface area contributed by atoms with Crippen LogP contribution in [0.1, 0.15) is 51.7 Å². The lowest BCUT2D eigenvalue weighted by molar-refractivity contribution is -0.121. The van der Waals surface area contributed by atoms with Crippen molar-refractivity contribution in [3.05, 3.63) is 29.3 Å². The van der Waals surface area contributed by atoms with Gasteiger partial charge >= 0.3 is 6.09 Å². The van der Waals surface area contributed by atoms with Gasteiger partial charge in [0.1, 0.15) is 5.60 Å². The van der Waals surface area contributed by atoms with E-state index >= 15 is 0 Å². The summed E-state index contributed by atoms with van der Waals surface area (Å²) in [7, 11) is 0. The van der Waals surface area contributed by atoms with E-state index in [-0.39, 0.29) is 24.1 Å². The highest BCUT2D eigenvalue weighted by Gasteiger charge is 2.28. The zero-order chi connectivity index (χ0) is 20.2.